The normalized spacial score (nSPS) is 14.8. The lowest BCUT2D eigenvalue weighted by Gasteiger charge is -2.28. The highest BCUT2D eigenvalue weighted by Gasteiger charge is 2.29. The quantitative estimate of drug-likeness (QED) is 0.803. The Morgan fingerprint density at radius 2 is 1.78 bits per heavy atom. The van der Waals surface area contributed by atoms with Crippen LogP contribution in [-0.4, -0.2) is 32.5 Å². The van der Waals surface area contributed by atoms with Gasteiger partial charge in [0.2, 0.25) is 0 Å². The molecule has 0 saturated carbocycles. The zero-order chi connectivity index (χ0) is 17.7. The SMILES string of the molecule is CC[C@@H](OS(C)(=O)=O)[C@H](NC(=O)OC(C)(C)C)c1ccccc1. The summed E-state index contributed by atoms with van der Waals surface area (Å²) in [6.45, 7) is 7.07. The van der Waals surface area contributed by atoms with Gasteiger partial charge in [0.15, 0.2) is 0 Å². The molecule has 23 heavy (non-hydrogen) atoms. The van der Waals surface area contributed by atoms with E-state index in [0.717, 1.165) is 11.8 Å². The maximum absolute atomic E-state index is 12.1. The van der Waals surface area contributed by atoms with E-state index in [2.05, 4.69) is 5.32 Å². The molecule has 0 aliphatic rings. The van der Waals surface area contributed by atoms with Gasteiger partial charge in [0.25, 0.3) is 10.1 Å². The van der Waals surface area contributed by atoms with Crippen LogP contribution < -0.4 is 5.32 Å². The Balaban J connectivity index is 3.04. The average molecular weight is 343 g/mol. The van der Waals surface area contributed by atoms with Crippen LogP contribution in [-0.2, 0) is 19.0 Å². The minimum absolute atomic E-state index is 0.405. The molecule has 130 valence electrons. The summed E-state index contributed by atoms with van der Waals surface area (Å²) in [5.41, 5.74) is 0.0962. The van der Waals surface area contributed by atoms with E-state index < -0.39 is 34.0 Å². The second-order valence-corrected chi connectivity index (χ2v) is 7.88. The molecule has 1 N–H and O–H groups in total. The predicted octanol–water partition coefficient (Wildman–Crippen LogP) is 3.01. The molecule has 0 bridgehead atoms. The van der Waals surface area contributed by atoms with Crippen molar-refractivity contribution in [2.24, 2.45) is 0 Å². The number of amides is 1. The number of hydrogen-bond acceptors (Lipinski definition) is 5. The third-order valence-corrected chi connectivity index (χ3v) is 3.50. The van der Waals surface area contributed by atoms with Crippen LogP contribution in [0.3, 0.4) is 0 Å². The fourth-order valence-electron chi connectivity index (χ4n) is 2.07. The number of nitrogens with one attached hydrogen (secondary N) is 1. The van der Waals surface area contributed by atoms with Crippen molar-refractivity contribution in [3.63, 3.8) is 0 Å². The highest BCUT2D eigenvalue weighted by molar-refractivity contribution is 7.86. The topological polar surface area (TPSA) is 81.7 Å². The molecule has 1 aromatic carbocycles. The van der Waals surface area contributed by atoms with Crippen LogP contribution in [0.15, 0.2) is 30.3 Å². The monoisotopic (exact) mass is 343 g/mol. The molecule has 6 nitrogen and oxygen atoms in total. The minimum Gasteiger partial charge on any atom is -0.444 e. The molecule has 0 unspecified atom stereocenters. The number of carbonyl (C=O) groups excluding carboxylic acids is 1. The molecular weight excluding hydrogens is 318 g/mol. The van der Waals surface area contributed by atoms with Crippen molar-refractivity contribution in [2.45, 2.75) is 51.9 Å². The van der Waals surface area contributed by atoms with Crippen molar-refractivity contribution in [1.29, 1.82) is 0 Å². The van der Waals surface area contributed by atoms with E-state index in [9.17, 15) is 13.2 Å². The molecule has 0 spiro atoms. The van der Waals surface area contributed by atoms with E-state index >= 15 is 0 Å². The molecule has 0 fully saturated rings. The van der Waals surface area contributed by atoms with E-state index in [-0.39, 0.29) is 0 Å². The second kappa shape index (κ2) is 7.79. The lowest BCUT2D eigenvalue weighted by molar-refractivity contribution is 0.0444. The number of carbonyl (C=O) groups is 1. The summed E-state index contributed by atoms with van der Waals surface area (Å²) >= 11 is 0. The first-order valence-electron chi connectivity index (χ1n) is 7.44. The highest BCUT2D eigenvalue weighted by atomic mass is 32.2. The van der Waals surface area contributed by atoms with Crippen LogP contribution in [0.5, 0.6) is 0 Å². The molecule has 2 atom stereocenters. The summed E-state index contributed by atoms with van der Waals surface area (Å²) in [5.74, 6) is 0. The van der Waals surface area contributed by atoms with E-state index in [1.165, 1.54) is 0 Å². The second-order valence-electron chi connectivity index (χ2n) is 6.28. The average Bonchev–Trinajstić information content (AvgIpc) is 2.40. The van der Waals surface area contributed by atoms with Crippen LogP contribution in [0, 0.1) is 0 Å². The van der Waals surface area contributed by atoms with Crippen molar-refractivity contribution < 1.29 is 22.1 Å². The molecule has 1 amide bonds. The Morgan fingerprint density at radius 3 is 2.22 bits per heavy atom. The first-order valence-corrected chi connectivity index (χ1v) is 9.26. The Morgan fingerprint density at radius 1 is 1.22 bits per heavy atom. The fraction of sp³-hybridized carbons (Fsp3) is 0.562. The van der Waals surface area contributed by atoms with Gasteiger partial charge in [0.05, 0.1) is 12.3 Å². The minimum atomic E-state index is -3.65. The Bertz CT molecular complexity index is 607. The summed E-state index contributed by atoms with van der Waals surface area (Å²) in [7, 11) is -3.65. The van der Waals surface area contributed by atoms with Gasteiger partial charge in [-0.2, -0.15) is 8.42 Å². The van der Waals surface area contributed by atoms with Gasteiger partial charge < -0.3 is 10.1 Å². The van der Waals surface area contributed by atoms with Crippen molar-refractivity contribution in [3.05, 3.63) is 35.9 Å². The van der Waals surface area contributed by atoms with E-state index in [0.29, 0.717) is 6.42 Å². The largest absolute Gasteiger partial charge is 0.444 e. The van der Waals surface area contributed by atoms with Gasteiger partial charge in [-0.1, -0.05) is 37.3 Å². The summed E-state index contributed by atoms with van der Waals surface area (Å²) < 4.78 is 33.4. The maximum Gasteiger partial charge on any atom is 0.408 e. The van der Waals surface area contributed by atoms with Crippen LogP contribution >= 0.6 is 0 Å². The van der Waals surface area contributed by atoms with Gasteiger partial charge >= 0.3 is 6.09 Å². The van der Waals surface area contributed by atoms with E-state index in [4.69, 9.17) is 8.92 Å². The summed E-state index contributed by atoms with van der Waals surface area (Å²) in [6, 6.07) is 8.43. The van der Waals surface area contributed by atoms with Crippen LogP contribution in [0.2, 0.25) is 0 Å². The number of rotatable bonds is 6. The van der Waals surface area contributed by atoms with Gasteiger partial charge in [-0.25, -0.2) is 4.79 Å². The molecule has 0 aromatic heterocycles. The Labute approximate surface area is 138 Å². The first kappa shape index (κ1) is 19.4. The third kappa shape index (κ3) is 7.47. The van der Waals surface area contributed by atoms with Crippen molar-refractivity contribution >= 4 is 16.2 Å². The van der Waals surface area contributed by atoms with Gasteiger partial charge in [-0.15, -0.1) is 0 Å². The molecule has 1 aromatic rings. The zero-order valence-electron chi connectivity index (χ0n) is 14.2. The lowest BCUT2D eigenvalue weighted by Crippen LogP contribution is -2.41. The Hall–Kier alpha value is -1.60. The molecule has 7 heteroatoms. The van der Waals surface area contributed by atoms with Gasteiger partial charge in [-0.3, -0.25) is 4.18 Å². The molecule has 0 aliphatic carbocycles. The van der Waals surface area contributed by atoms with Gasteiger partial charge in [0, 0.05) is 0 Å². The maximum atomic E-state index is 12.1. The van der Waals surface area contributed by atoms with Crippen LogP contribution in [0.25, 0.3) is 0 Å². The number of hydrogen-bond donors (Lipinski definition) is 1. The number of benzene rings is 1. The molecular formula is C16H25NO5S. The Kier molecular flexibility index (Phi) is 6.58. The standard InChI is InChI=1S/C16H25NO5S/c1-6-13(22-23(5,19)20)14(12-10-8-7-9-11-12)17-15(18)21-16(2,3)4/h7-11,13-14H,6H2,1-5H3,(H,17,18)/t13-,14-/m1/s1. The van der Waals surface area contributed by atoms with E-state index in [1.807, 2.05) is 18.2 Å². The smallest absolute Gasteiger partial charge is 0.408 e. The molecule has 0 saturated heterocycles. The predicted molar refractivity (Wildman–Crippen MR) is 88.6 cm³/mol. The zero-order valence-corrected chi connectivity index (χ0v) is 15.0. The fourth-order valence-corrected chi connectivity index (χ4v) is 2.77. The third-order valence-electron chi connectivity index (χ3n) is 2.90. The van der Waals surface area contributed by atoms with E-state index in [1.54, 1.807) is 39.8 Å². The number of alkyl carbamates (subject to hydrolysis) is 1. The molecule has 0 aliphatic heterocycles. The summed E-state index contributed by atoms with van der Waals surface area (Å²) in [6.07, 6.45) is 0.0509. The molecule has 1 rings (SSSR count). The van der Waals surface area contributed by atoms with Crippen molar-refractivity contribution in [3.8, 4) is 0 Å². The first-order chi connectivity index (χ1) is 10.5. The molecule has 0 radical (unpaired) electrons. The summed E-state index contributed by atoms with van der Waals surface area (Å²) in [4.78, 5) is 12.1. The van der Waals surface area contributed by atoms with Crippen LogP contribution in [0.4, 0.5) is 4.79 Å². The lowest BCUT2D eigenvalue weighted by atomic mass is 10.00. The van der Waals surface area contributed by atoms with Crippen molar-refractivity contribution in [1.82, 2.24) is 5.32 Å². The van der Waals surface area contributed by atoms with Gasteiger partial charge in [-0.05, 0) is 32.8 Å². The highest BCUT2D eigenvalue weighted by Crippen LogP contribution is 2.23. The van der Waals surface area contributed by atoms with Crippen molar-refractivity contribution in [2.75, 3.05) is 6.26 Å². The number of ether oxygens (including phenoxy) is 1. The molecule has 0 heterocycles. The summed E-state index contributed by atoms with van der Waals surface area (Å²) in [5, 5.41) is 2.71. The van der Waals surface area contributed by atoms with Crippen LogP contribution in [0.1, 0.15) is 45.7 Å². The van der Waals surface area contributed by atoms with Gasteiger partial charge in [0.1, 0.15) is 11.7 Å².